The van der Waals surface area contributed by atoms with Gasteiger partial charge in [0.05, 0.1) is 11.9 Å². The highest BCUT2D eigenvalue weighted by molar-refractivity contribution is 7.93. The van der Waals surface area contributed by atoms with Crippen molar-refractivity contribution < 1.29 is 27.4 Å². The Morgan fingerprint density at radius 1 is 1.46 bits per heavy atom. The molecule has 142 valence electrons. The number of benzene rings is 1. The molecule has 1 amide bonds. The first kappa shape index (κ1) is 18.6. The molecule has 0 saturated heterocycles. The number of halogens is 1. The van der Waals surface area contributed by atoms with E-state index in [9.17, 15) is 17.6 Å². The number of nitrogens with zero attached hydrogens (tertiary/aromatic N) is 1. The lowest BCUT2D eigenvalue weighted by atomic mass is 9.79. The van der Waals surface area contributed by atoms with Gasteiger partial charge in [-0.25, -0.2) is 17.6 Å². The zero-order valence-corrected chi connectivity index (χ0v) is 15.1. The molecule has 1 aromatic rings. The summed E-state index contributed by atoms with van der Waals surface area (Å²) >= 11 is 0. The van der Waals surface area contributed by atoms with Gasteiger partial charge in [0, 0.05) is 31.2 Å². The number of hydrogen-bond acceptors (Lipinski definition) is 6. The summed E-state index contributed by atoms with van der Waals surface area (Å²) in [5.74, 6) is -1.31. The zero-order valence-electron chi connectivity index (χ0n) is 14.3. The zero-order chi connectivity index (χ0) is 19.3. The van der Waals surface area contributed by atoms with Crippen molar-refractivity contribution in [2.45, 2.75) is 36.2 Å². The number of methoxy groups -OCH3 is 1. The number of anilines is 1. The normalized spacial score (nSPS) is 32.6. The van der Waals surface area contributed by atoms with Crippen LogP contribution in [-0.4, -0.2) is 49.2 Å². The minimum absolute atomic E-state index is 0.00299. The number of amidine groups is 1. The second-order valence-corrected chi connectivity index (χ2v) is 9.22. The lowest BCUT2D eigenvalue weighted by Crippen LogP contribution is -2.67. The van der Waals surface area contributed by atoms with Crippen molar-refractivity contribution in [1.29, 1.82) is 0 Å². The highest BCUT2D eigenvalue weighted by Gasteiger charge is 2.62. The van der Waals surface area contributed by atoms with Crippen LogP contribution in [0.5, 0.6) is 0 Å². The van der Waals surface area contributed by atoms with Gasteiger partial charge in [-0.1, -0.05) is 0 Å². The van der Waals surface area contributed by atoms with Crippen LogP contribution in [-0.2, 0) is 20.1 Å². The van der Waals surface area contributed by atoms with E-state index < -0.39 is 37.8 Å². The van der Waals surface area contributed by atoms with E-state index in [4.69, 9.17) is 15.6 Å². The van der Waals surface area contributed by atoms with Crippen LogP contribution < -0.4 is 11.1 Å². The average Bonchev–Trinajstić information content (AvgIpc) is 2.46. The molecule has 1 heterocycles. The molecule has 0 radical (unpaired) electrons. The van der Waals surface area contributed by atoms with Gasteiger partial charge < -0.3 is 15.6 Å². The molecular weight excluding hydrogens is 365 g/mol. The highest BCUT2D eigenvalue weighted by atomic mass is 32.2. The van der Waals surface area contributed by atoms with Crippen molar-refractivity contribution >= 4 is 27.5 Å². The molecule has 26 heavy (non-hydrogen) atoms. The second-order valence-electron chi connectivity index (χ2n) is 6.92. The van der Waals surface area contributed by atoms with Crippen LogP contribution in [0.4, 0.5) is 14.9 Å². The number of ether oxygens (including phenoxy) is 1. The van der Waals surface area contributed by atoms with Crippen LogP contribution in [0, 0.1) is 5.82 Å². The fraction of sp³-hybridized carbons (Fsp3) is 0.500. The molecule has 8 nitrogen and oxygen atoms in total. The maximum atomic E-state index is 14.4. The van der Waals surface area contributed by atoms with Gasteiger partial charge in [-0.05, 0) is 25.1 Å². The monoisotopic (exact) mass is 385 g/mol. The molecule has 1 spiro atoms. The largest absolute Gasteiger partial charge is 0.465 e. The van der Waals surface area contributed by atoms with E-state index in [0.717, 1.165) is 6.07 Å². The van der Waals surface area contributed by atoms with Crippen molar-refractivity contribution in [1.82, 2.24) is 5.32 Å². The lowest BCUT2D eigenvalue weighted by Gasteiger charge is -2.50. The third kappa shape index (κ3) is 2.73. The number of nitrogens with two attached hydrogens (primary N) is 1. The molecule has 1 aliphatic heterocycles. The minimum atomic E-state index is -3.85. The predicted molar refractivity (Wildman–Crippen MR) is 93.3 cm³/mol. The Morgan fingerprint density at radius 3 is 2.69 bits per heavy atom. The Balaban J connectivity index is 2.17. The van der Waals surface area contributed by atoms with Crippen LogP contribution >= 0.6 is 0 Å². The number of sulfone groups is 1. The van der Waals surface area contributed by atoms with E-state index >= 15 is 0 Å². The van der Waals surface area contributed by atoms with Crippen molar-refractivity contribution in [3.63, 3.8) is 0 Å². The van der Waals surface area contributed by atoms with Crippen LogP contribution in [0.25, 0.3) is 0 Å². The minimum Gasteiger partial charge on any atom is -0.465 e. The van der Waals surface area contributed by atoms with E-state index in [-0.39, 0.29) is 36.0 Å². The third-order valence-electron chi connectivity index (χ3n) is 5.10. The molecule has 1 atom stereocenters. The van der Waals surface area contributed by atoms with E-state index in [1.807, 2.05) is 0 Å². The third-order valence-corrected chi connectivity index (χ3v) is 7.76. The Labute approximate surface area is 150 Å². The summed E-state index contributed by atoms with van der Waals surface area (Å²) in [7, 11) is -2.39. The predicted octanol–water partition coefficient (Wildman–Crippen LogP) is 1.27. The van der Waals surface area contributed by atoms with Crippen molar-refractivity contribution in [3.05, 3.63) is 29.6 Å². The summed E-state index contributed by atoms with van der Waals surface area (Å²) in [4.78, 5) is 15.6. The standard InChI is InChI=1S/C16H20FN3O5S/c1-15(11-5-9(18)3-4-12(11)17)8-26(23,24)16(6-10(7-16)25-2)13(20-15)19-14(21)22/h3-5,10H,6-8,18H2,1-2H3,(H,19,20)(H,21,22)/t10-,15-,16-/m0/s1. The van der Waals surface area contributed by atoms with Crippen molar-refractivity contribution in [2.24, 2.45) is 4.99 Å². The Hall–Kier alpha value is -2.20. The second kappa shape index (κ2) is 5.92. The van der Waals surface area contributed by atoms with Gasteiger partial charge >= 0.3 is 6.09 Å². The molecule has 10 heteroatoms. The number of amides is 1. The van der Waals surface area contributed by atoms with Gasteiger partial charge in [-0.15, -0.1) is 0 Å². The van der Waals surface area contributed by atoms with Gasteiger partial charge in [-0.3, -0.25) is 10.3 Å². The number of carbonyl (C=O) groups is 1. The average molecular weight is 385 g/mol. The van der Waals surface area contributed by atoms with Gasteiger partial charge in [0.15, 0.2) is 9.84 Å². The quantitative estimate of drug-likeness (QED) is 0.657. The van der Waals surface area contributed by atoms with E-state index in [2.05, 4.69) is 10.3 Å². The lowest BCUT2D eigenvalue weighted by molar-refractivity contribution is 0.0286. The molecule has 0 bridgehead atoms. The number of nitrogens with one attached hydrogen (secondary N) is 1. The Kier molecular flexibility index (Phi) is 4.23. The van der Waals surface area contributed by atoms with Crippen molar-refractivity contribution in [2.75, 3.05) is 18.6 Å². The Morgan fingerprint density at radius 2 is 2.12 bits per heavy atom. The number of carboxylic acid groups (broad SMARTS) is 1. The summed E-state index contributed by atoms with van der Waals surface area (Å²) in [6.45, 7) is 1.45. The first-order valence-electron chi connectivity index (χ1n) is 7.94. The van der Waals surface area contributed by atoms with Crippen LogP contribution in [0.15, 0.2) is 23.2 Å². The van der Waals surface area contributed by atoms with E-state index in [1.54, 1.807) is 0 Å². The maximum absolute atomic E-state index is 14.4. The van der Waals surface area contributed by atoms with Gasteiger partial charge in [0.25, 0.3) is 0 Å². The fourth-order valence-electron chi connectivity index (χ4n) is 3.66. The molecule has 1 aliphatic carbocycles. The van der Waals surface area contributed by atoms with Gasteiger partial charge in [-0.2, -0.15) is 0 Å². The number of nitrogen functional groups attached to an aromatic ring is 1. The molecule has 4 N–H and O–H groups in total. The number of aliphatic imine (C=N–C) groups is 1. The molecule has 0 aromatic heterocycles. The topological polar surface area (TPSA) is 131 Å². The SMILES string of the molecule is CO[C@H]1C[C@]2(C1)C(NC(=O)O)=N[C@](C)(c1cc(N)ccc1F)CS2(=O)=O. The molecular formula is C16H20FN3O5S. The molecule has 1 saturated carbocycles. The van der Waals surface area contributed by atoms with E-state index in [0.29, 0.717) is 0 Å². The maximum Gasteiger partial charge on any atom is 0.410 e. The number of rotatable bonds is 2. The summed E-state index contributed by atoms with van der Waals surface area (Å²) in [5.41, 5.74) is 4.47. The fourth-order valence-corrected chi connectivity index (χ4v) is 6.17. The molecule has 2 aliphatic rings. The molecule has 1 aromatic carbocycles. The first-order valence-corrected chi connectivity index (χ1v) is 9.59. The summed E-state index contributed by atoms with van der Waals surface area (Å²) < 4.78 is 44.3. The molecule has 3 rings (SSSR count). The summed E-state index contributed by atoms with van der Waals surface area (Å²) in [5, 5.41) is 11.3. The van der Waals surface area contributed by atoms with Crippen molar-refractivity contribution in [3.8, 4) is 0 Å². The Bertz CT molecular complexity index is 895. The molecule has 0 unspecified atom stereocenters. The van der Waals surface area contributed by atoms with Crippen LogP contribution in [0.2, 0.25) is 0 Å². The summed E-state index contributed by atoms with van der Waals surface area (Å²) in [6.07, 6.45) is -1.54. The van der Waals surface area contributed by atoms with Crippen LogP contribution in [0.3, 0.4) is 0 Å². The summed E-state index contributed by atoms with van der Waals surface area (Å²) in [6, 6.07) is 3.82. The van der Waals surface area contributed by atoms with Gasteiger partial charge in [0.1, 0.15) is 21.9 Å². The first-order chi connectivity index (χ1) is 12.0. The smallest absolute Gasteiger partial charge is 0.410 e. The van der Waals surface area contributed by atoms with E-state index in [1.165, 1.54) is 26.2 Å². The molecule has 1 fully saturated rings. The van der Waals surface area contributed by atoms with Gasteiger partial charge in [0.2, 0.25) is 0 Å². The highest BCUT2D eigenvalue weighted by Crippen LogP contribution is 2.48. The van der Waals surface area contributed by atoms with Crippen LogP contribution in [0.1, 0.15) is 25.3 Å². The number of hydrogen-bond donors (Lipinski definition) is 3.